The lowest BCUT2D eigenvalue weighted by atomic mass is 9.85. The van der Waals surface area contributed by atoms with Crippen LogP contribution in [0.15, 0.2) is 0 Å². The van der Waals surface area contributed by atoms with Crippen LogP contribution in [-0.2, 0) is 27.3 Å². The van der Waals surface area contributed by atoms with Gasteiger partial charge in [0, 0.05) is 43.9 Å². The van der Waals surface area contributed by atoms with Crippen molar-refractivity contribution in [3.05, 3.63) is 0 Å². The van der Waals surface area contributed by atoms with Crippen molar-refractivity contribution in [3.63, 3.8) is 0 Å². The van der Waals surface area contributed by atoms with Crippen LogP contribution in [0.5, 0.6) is 0 Å². The third-order valence-corrected chi connectivity index (χ3v) is 15.6. The minimum absolute atomic E-state index is 0.0437. The molecule has 0 aliphatic carbocycles. The Hall–Kier alpha value is 0.314. The van der Waals surface area contributed by atoms with E-state index in [1.54, 1.807) is 14.2 Å². The lowest BCUT2D eigenvalue weighted by molar-refractivity contribution is -0.117. The van der Waals surface area contributed by atoms with Crippen molar-refractivity contribution in [1.82, 2.24) is 0 Å². The minimum atomic E-state index is -2.86. The van der Waals surface area contributed by atoms with Crippen LogP contribution < -0.4 is 0 Å². The second-order valence-electron chi connectivity index (χ2n) is 8.65. The number of carbonyl (C=O) groups is 2. The van der Waals surface area contributed by atoms with Crippen molar-refractivity contribution < 1.29 is 27.3 Å². The quantitative estimate of drug-likeness (QED) is 0.233. The molecule has 6 nitrogen and oxygen atoms in total. The van der Waals surface area contributed by atoms with Gasteiger partial charge in [0.05, 0.1) is 0 Å². The topological polar surface area (TPSA) is 71.1 Å². The molecule has 3 atom stereocenters. The number of rotatable bonds is 16. The maximum atomic E-state index is 12.4. The normalized spacial score (nSPS) is 16.0. The average Bonchev–Trinajstić information content (AvgIpc) is 2.60. The van der Waals surface area contributed by atoms with Crippen LogP contribution in [-0.4, -0.2) is 53.8 Å². The molecule has 0 N–H and O–H groups in total. The zero-order valence-corrected chi connectivity index (χ0v) is 23.8. The third-order valence-electron chi connectivity index (χ3n) is 5.48. The van der Waals surface area contributed by atoms with Gasteiger partial charge in [-0.1, -0.05) is 13.3 Å². The Morgan fingerprint density at radius 3 is 1.67 bits per heavy atom. The standard InChI is InChI=1S/C20H42O6S2Si2/c1-10-11-17(20(22)28)16(12-18(21)27)13-19(29(8,23-6)24-7)30(9,25-14(2)3)26-15(4)5/h14-17,19H,10-13H2,1-9H3,(H,21,27)(H,22,28). The fraction of sp³-hybridized carbons (Fsp3) is 0.900. The summed E-state index contributed by atoms with van der Waals surface area (Å²) in [5.74, 6) is -0.583. The van der Waals surface area contributed by atoms with Gasteiger partial charge in [-0.2, -0.15) is 0 Å². The van der Waals surface area contributed by atoms with E-state index in [1.165, 1.54) is 0 Å². The van der Waals surface area contributed by atoms with Crippen LogP contribution in [0.25, 0.3) is 0 Å². The fourth-order valence-electron chi connectivity index (χ4n) is 4.19. The summed E-state index contributed by atoms with van der Waals surface area (Å²) in [5.41, 5.74) is 0. The smallest absolute Gasteiger partial charge is 0.340 e. The summed E-state index contributed by atoms with van der Waals surface area (Å²) in [6.45, 7) is 14.0. The molecule has 0 saturated heterocycles. The van der Waals surface area contributed by atoms with E-state index in [0.717, 1.165) is 6.42 Å². The van der Waals surface area contributed by atoms with Crippen molar-refractivity contribution >= 4 is 52.6 Å². The Morgan fingerprint density at radius 1 is 0.900 bits per heavy atom. The SMILES string of the molecule is CCCC(C(=O)S)C(CC(=O)S)CC([Si](C)(OC)OC)[Si](C)(OC(C)C)OC(C)C. The summed E-state index contributed by atoms with van der Waals surface area (Å²) < 4.78 is 24.8. The zero-order valence-electron chi connectivity index (χ0n) is 20.1. The molecule has 0 aliphatic heterocycles. The van der Waals surface area contributed by atoms with Crippen LogP contribution in [0.2, 0.25) is 18.3 Å². The Kier molecular flexibility index (Phi) is 13.9. The second kappa shape index (κ2) is 13.8. The van der Waals surface area contributed by atoms with Crippen LogP contribution >= 0.6 is 25.3 Å². The largest absolute Gasteiger partial charge is 0.398 e. The van der Waals surface area contributed by atoms with Gasteiger partial charge in [-0.3, -0.25) is 9.59 Å². The molecule has 0 amide bonds. The van der Waals surface area contributed by atoms with E-state index in [0.29, 0.717) is 12.8 Å². The highest BCUT2D eigenvalue weighted by atomic mass is 32.1. The van der Waals surface area contributed by atoms with E-state index >= 15 is 0 Å². The van der Waals surface area contributed by atoms with Crippen molar-refractivity contribution in [2.75, 3.05) is 14.2 Å². The fourth-order valence-corrected chi connectivity index (χ4v) is 14.1. The van der Waals surface area contributed by atoms with E-state index in [1.807, 2.05) is 47.7 Å². The molecule has 0 aromatic heterocycles. The molecular weight excluding hydrogens is 457 g/mol. The second-order valence-corrected chi connectivity index (χ2v) is 16.9. The molecule has 3 unspecified atom stereocenters. The summed E-state index contributed by atoms with van der Waals surface area (Å²) in [6.07, 6.45) is 2.10. The van der Waals surface area contributed by atoms with Crippen LogP contribution in [0, 0.1) is 11.8 Å². The molecule has 0 aromatic rings. The molecule has 178 valence electrons. The lowest BCUT2D eigenvalue weighted by Crippen LogP contribution is -2.59. The van der Waals surface area contributed by atoms with Crippen molar-refractivity contribution in [3.8, 4) is 0 Å². The van der Waals surface area contributed by atoms with E-state index < -0.39 is 17.1 Å². The predicted molar refractivity (Wildman–Crippen MR) is 133 cm³/mol. The summed E-state index contributed by atoms with van der Waals surface area (Å²) in [5, 5.41) is -0.619. The van der Waals surface area contributed by atoms with E-state index in [9.17, 15) is 9.59 Å². The van der Waals surface area contributed by atoms with E-state index in [-0.39, 0.29) is 45.9 Å². The Labute approximate surface area is 196 Å². The zero-order chi connectivity index (χ0) is 23.7. The summed E-state index contributed by atoms with van der Waals surface area (Å²) in [6, 6.07) is 0. The van der Waals surface area contributed by atoms with Gasteiger partial charge in [-0.05, 0) is 59.5 Å². The summed E-state index contributed by atoms with van der Waals surface area (Å²) in [7, 11) is -2.34. The van der Waals surface area contributed by atoms with Gasteiger partial charge in [0.15, 0.2) is 10.2 Å². The molecule has 0 aromatic carbocycles. The molecule has 30 heavy (non-hydrogen) atoms. The number of thiol groups is 2. The Bertz CT molecular complexity index is 533. The molecular formula is C20H42O6S2Si2. The van der Waals surface area contributed by atoms with Gasteiger partial charge >= 0.3 is 17.1 Å². The van der Waals surface area contributed by atoms with E-state index in [4.69, 9.17) is 17.7 Å². The van der Waals surface area contributed by atoms with Gasteiger partial charge < -0.3 is 17.7 Å². The molecule has 0 radical (unpaired) electrons. The van der Waals surface area contributed by atoms with Gasteiger partial charge in [0.1, 0.15) is 0 Å². The van der Waals surface area contributed by atoms with Gasteiger partial charge in [0.2, 0.25) is 0 Å². The summed E-state index contributed by atoms with van der Waals surface area (Å²) >= 11 is 8.15. The molecule has 0 rings (SSSR count). The maximum Gasteiger partial charge on any atom is 0.340 e. The molecule has 10 heteroatoms. The predicted octanol–water partition coefficient (Wildman–Crippen LogP) is 4.91. The van der Waals surface area contributed by atoms with Crippen LogP contribution in [0.3, 0.4) is 0 Å². The summed E-state index contributed by atoms with van der Waals surface area (Å²) in [4.78, 5) is 24.3. The van der Waals surface area contributed by atoms with Gasteiger partial charge in [-0.15, -0.1) is 25.3 Å². The van der Waals surface area contributed by atoms with Gasteiger partial charge in [0.25, 0.3) is 0 Å². The molecule has 0 saturated carbocycles. The number of hydrogen-bond donors (Lipinski definition) is 2. The number of hydrogen-bond acceptors (Lipinski definition) is 6. The molecule has 0 fully saturated rings. The van der Waals surface area contributed by atoms with Gasteiger partial charge in [-0.25, -0.2) is 0 Å². The third kappa shape index (κ3) is 9.44. The highest BCUT2D eigenvalue weighted by Gasteiger charge is 2.57. The maximum absolute atomic E-state index is 12.4. The number of carbonyl (C=O) groups excluding carboxylic acids is 2. The molecule has 0 spiro atoms. The molecule has 0 bridgehead atoms. The average molecular weight is 499 g/mol. The molecule has 0 aliphatic rings. The van der Waals surface area contributed by atoms with Crippen molar-refractivity contribution in [2.45, 2.75) is 90.8 Å². The first-order valence-corrected chi connectivity index (χ1v) is 16.3. The van der Waals surface area contributed by atoms with Crippen molar-refractivity contribution in [1.29, 1.82) is 0 Å². The van der Waals surface area contributed by atoms with Crippen LogP contribution in [0.4, 0.5) is 0 Å². The van der Waals surface area contributed by atoms with E-state index in [2.05, 4.69) is 25.3 Å². The molecule has 0 heterocycles. The first-order chi connectivity index (χ1) is 13.8. The highest BCUT2D eigenvalue weighted by molar-refractivity contribution is 7.96. The monoisotopic (exact) mass is 498 g/mol. The first-order valence-electron chi connectivity index (χ1n) is 10.7. The Balaban J connectivity index is 6.43. The van der Waals surface area contributed by atoms with Crippen LogP contribution in [0.1, 0.15) is 60.3 Å². The minimum Gasteiger partial charge on any atom is -0.398 e. The lowest BCUT2D eigenvalue weighted by Gasteiger charge is -2.45. The Morgan fingerprint density at radius 2 is 1.37 bits per heavy atom. The van der Waals surface area contributed by atoms with Crippen molar-refractivity contribution in [2.24, 2.45) is 11.8 Å². The highest BCUT2D eigenvalue weighted by Crippen LogP contribution is 2.44. The first kappa shape index (κ1) is 30.3.